The van der Waals surface area contributed by atoms with Gasteiger partial charge in [-0.3, -0.25) is 9.69 Å². The van der Waals surface area contributed by atoms with E-state index in [0.29, 0.717) is 12.5 Å². The topological polar surface area (TPSA) is 70.1 Å². The molecule has 156 valence electrons. The molecule has 4 rings (SSSR count). The number of ether oxygens (including phenoxy) is 1. The molecular formula is C18H23F3N2O4S. The van der Waals surface area contributed by atoms with E-state index in [2.05, 4.69) is 10.3 Å². The van der Waals surface area contributed by atoms with E-state index in [1.54, 1.807) is 11.3 Å². The molecule has 1 N–H and O–H groups in total. The number of alkyl halides is 3. The molecule has 1 aromatic heterocycles. The van der Waals surface area contributed by atoms with Crippen LogP contribution in [-0.4, -0.2) is 77.9 Å². The molecule has 10 heteroatoms. The van der Waals surface area contributed by atoms with E-state index in [1.165, 1.54) is 19.4 Å². The van der Waals surface area contributed by atoms with Crippen LogP contribution in [-0.2, 0) is 20.7 Å². The van der Waals surface area contributed by atoms with Gasteiger partial charge in [-0.1, -0.05) is 0 Å². The highest BCUT2D eigenvalue weighted by atomic mass is 32.1. The molecule has 3 heterocycles. The second kappa shape index (κ2) is 8.79. The summed E-state index contributed by atoms with van der Waals surface area (Å²) >= 11 is 1.65. The molecule has 1 aromatic rings. The molecule has 1 saturated carbocycles. The van der Waals surface area contributed by atoms with Crippen LogP contribution in [0.1, 0.15) is 18.4 Å². The van der Waals surface area contributed by atoms with Crippen molar-refractivity contribution in [1.29, 1.82) is 0 Å². The van der Waals surface area contributed by atoms with Gasteiger partial charge < -0.3 is 14.7 Å². The number of carboxylic acid groups (broad SMARTS) is 1. The number of likely N-dealkylation sites (tertiary alicyclic amines) is 1. The third kappa shape index (κ3) is 5.68. The number of hydrogen-bond acceptors (Lipinski definition) is 5. The van der Waals surface area contributed by atoms with Gasteiger partial charge in [-0.2, -0.15) is 24.5 Å². The maximum atomic E-state index is 12.5. The summed E-state index contributed by atoms with van der Waals surface area (Å²) in [7, 11) is 0. The van der Waals surface area contributed by atoms with Gasteiger partial charge in [0.15, 0.2) is 0 Å². The molecule has 1 amide bonds. The SMILES string of the molecule is O=C(Cc1ccsc1)N1C[C@@H]2OCCN(CC3CC3)[C@@H]2C1.O=C(O)C(F)(F)F. The van der Waals surface area contributed by atoms with Crippen LogP contribution in [0.2, 0.25) is 0 Å². The number of nitrogens with zero attached hydrogens (tertiary/aromatic N) is 2. The van der Waals surface area contributed by atoms with Crippen molar-refractivity contribution in [2.45, 2.75) is 37.6 Å². The zero-order chi connectivity index (χ0) is 20.3. The normalized spacial score (nSPS) is 25.0. The number of carbonyl (C=O) groups is 2. The minimum absolute atomic E-state index is 0.226. The summed E-state index contributed by atoms with van der Waals surface area (Å²) in [5, 5.41) is 11.2. The lowest BCUT2D eigenvalue weighted by molar-refractivity contribution is -0.192. The predicted octanol–water partition coefficient (Wildman–Crippen LogP) is 2.25. The summed E-state index contributed by atoms with van der Waals surface area (Å²) in [5.74, 6) is -1.61. The number of amides is 1. The van der Waals surface area contributed by atoms with Gasteiger partial charge in [-0.15, -0.1) is 0 Å². The Labute approximate surface area is 164 Å². The van der Waals surface area contributed by atoms with Gasteiger partial charge in [-0.05, 0) is 41.1 Å². The second-order valence-electron chi connectivity index (χ2n) is 7.32. The fraction of sp³-hybridized carbons (Fsp3) is 0.667. The van der Waals surface area contributed by atoms with E-state index in [4.69, 9.17) is 14.6 Å². The molecule has 0 aromatic carbocycles. The van der Waals surface area contributed by atoms with Crippen LogP contribution in [0.3, 0.4) is 0 Å². The lowest BCUT2D eigenvalue weighted by atomic mass is 10.1. The van der Waals surface area contributed by atoms with Crippen LogP contribution in [0, 0.1) is 5.92 Å². The van der Waals surface area contributed by atoms with Crippen molar-refractivity contribution < 1.29 is 32.6 Å². The molecule has 0 spiro atoms. The van der Waals surface area contributed by atoms with E-state index < -0.39 is 12.1 Å². The van der Waals surface area contributed by atoms with E-state index in [0.717, 1.165) is 37.7 Å². The molecule has 0 unspecified atom stereocenters. The summed E-state index contributed by atoms with van der Waals surface area (Å²) in [6.07, 6.45) is -1.56. The number of aliphatic carboxylic acids is 1. The molecule has 2 saturated heterocycles. The Morgan fingerprint density at radius 2 is 2.00 bits per heavy atom. The van der Waals surface area contributed by atoms with E-state index in [9.17, 15) is 18.0 Å². The van der Waals surface area contributed by atoms with Gasteiger partial charge in [0.1, 0.15) is 0 Å². The zero-order valence-electron chi connectivity index (χ0n) is 15.2. The fourth-order valence-electron chi connectivity index (χ4n) is 3.50. The van der Waals surface area contributed by atoms with E-state index >= 15 is 0 Å². The number of halogens is 3. The van der Waals surface area contributed by atoms with E-state index in [-0.39, 0.29) is 12.0 Å². The zero-order valence-corrected chi connectivity index (χ0v) is 16.0. The highest BCUT2D eigenvalue weighted by Gasteiger charge is 2.43. The number of carbonyl (C=O) groups excluding carboxylic acids is 1. The molecule has 0 radical (unpaired) electrons. The Bertz CT molecular complexity index is 679. The first-order chi connectivity index (χ1) is 13.2. The highest BCUT2D eigenvalue weighted by molar-refractivity contribution is 7.08. The number of rotatable bonds is 4. The lowest BCUT2D eigenvalue weighted by Crippen LogP contribution is -2.51. The Morgan fingerprint density at radius 1 is 1.29 bits per heavy atom. The van der Waals surface area contributed by atoms with Gasteiger partial charge in [0.2, 0.25) is 5.91 Å². The van der Waals surface area contributed by atoms with Gasteiger partial charge in [0.05, 0.1) is 25.2 Å². The first kappa shape index (κ1) is 21.1. The van der Waals surface area contributed by atoms with Crippen molar-refractivity contribution in [1.82, 2.24) is 9.80 Å². The van der Waals surface area contributed by atoms with Gasteiger partial charge >= 0.3 is 12.1 Å². The van der Waals surface area contributed by atoms with Gasteiger partial charge in [0.25, 0.3) is 0 Å². The van der Waals surface area contributed by atoms with E-state index in [1.807, 2.05) is 16.3 Å². The Kier molecular flexibility index (Phi) is 6.61. The number of morpholine rings is 1. The van der Waals surface area contributed by atoms with Crippen molar-refractivity contribution in [3.8, 4) is 0 Å². The lowest BCUT2D eigenvalue weighted by Gasteiger charge is -2.36. The summed E-state index contributed by atoms with van der Waals surface area (Å²) in [6.45, 7) is 4.68. The minimum atomic E-state index is -5.08. The molecule has 1 aliphatic carbocycles. The van der Waals surface area contributed by atoms with Crippen LogP contribution in [0.15, 0.2) is 16.8 Å². The quantitative estimate of drug-likeness (QED) is 0.809. The molecule has 28 heavy (non-hydrogen) atoms. The second-order valence-corrected chi connectivity index (χ2v) is 8.10. The third-order valence-electron chi connectivity index (χ3n) is 5.14. The number of thiophene rings is 1. The van der Waals surface area contributed by atoms with Crippen LogP contribution in [0.5, 0.6) is 0 Å². The predicted molar refractivity (Wildman–Crippen MR) is 96.1 cm³/mol. The average molecular weight is 420 g/mol. The van der Waals surface area contributed by atoms with Crippen molar-refractivity contribution >= 4 is 23.2 Å². The Hall–Kier alpha value is -1.65. The molecular weight excluding hydrogens is 397 g/mol. The average Bonchev–Trinajstić information content (AvgIpc) is 3.10. The van der Waals surface area contributed by atoms with Crippen molar-refractivity contribution in [2.24, 2.45) is 5.92 Å². The fourth-order valence-corrected chi connectivity index (χ4v) is 4.17. The molecule has 2 aliphatic heterocycles. The van der Waals surface area contributed by atoms with Crippen LogP contribution in [0.4, 0.5) is 13.2 Å². The van der Waals surface area contributed by atoms with Gasteiger partial charge in [0, 0.05) is 26.2 Å². The van der Waals surface area contributed by atoms with Crippen molar-refractivity contribution in [2.75, 3.05) is 32.8 Å². The maximum absolute atomic E-state index is 12.5. The summed E-state index contributed by atoms with van der Waals surface area (Å²) < 4.78 is 37.7. The first-order valence-corrected chi connectivity index (χ1v) is 10.1. The smallest absolute Gasteiger partial charge is 0.475 e. The summed E-state index contributed by atoms with van der Waals surface area (Å²) in [6, 6.07) is 2.47. The Balaban J connectivity index is 0.000000279. The Morgan fingerprint density at radius 3 is 2.57 bits per heavy atom. The first-order valence-electron chi connectivity index (χ1n) is 9.18. The minimum Gasteiger partial charge on any atom is -0.475 e. The highest BCUT2D eigenvalue weighted by Crippen LogP contribution is 2.33. The number of carboxylic acids is 1. The molecule has 0 bridgehead atoms. The maximum Gasteiger partial charge on any atom is 0.490 e. The largest absolute Gasteiger partial charge is 0.490 e. The molecule has 6 nitrogen and oxygen atoms in total. The third-order valence-corrected chi connectivity index (χ3v) is 5.87. The monoisotopic (exact) mass is 420 g/mol. The van der Waals surface area contributed by atoms with Crippen LogP contribution in [0.25, 0.3) is 0 Å². The molecule has 3 fully saturated rings. The molecule has 2 atom stereocenters. The summed E-state index contributed by atoms with van der Waals surface area (Å²) in [5.41, 5.74) is 1.13. The molecule has 3 aliphatic rings. The van der Waals surface area contributed by atoms with Gasteiger partial charge in [-0.25, -0.2) is 4.79 Å². The standard InChI is InChI=1S/C16H22N2O2S.C2HF3O2/c19-16(7-13-3-6-21-11-13)18-9-14-15(10-18)20-5-4-17(14)8-12-1-2-12;3-2(4,5)1(6)7/h3,6,11-12,14-15H,1-2,4-5,7-10H2;(H,6,7)/t14-,15+;/m1./s1. The van der Waals surface area contributed by atoms with Crippen molar-refractivity contribution in [3.05, 3.63) is 22.4 Å². The number of fused-ring (bicyclic) bond motifs is 1. The number of hydrogen-bond donors (Lipinski definition) is 1. The summed E-state index contributed by atoms with van der Waals surface area (Å²) in [4.78, 5) is 25.9. The van der Waals surface area contributed by atoms with Crippen LogP contribution >= 0.6 is 11.3 Å². The van der Waals surface area contributed by atoms with Crippen LogP contribution < -0.4 is 0 Å². The van der Waals surface area contributed by atoms with Crippen molar-refractivity contribution in [3.63, 3.8) is 0 Å².